The van der Waals surface area contributed by atoms with E-state index in [4.69, 9.17) is 4.74 Å². The molecule has 1 aliphatic rings. The molecular formula is C18H22N2O5S2. The molecule has 1 unspecified atom stereocenters. The second-order valence-corrected chi connectivity index (χ2v) is 9.36. The number of ether oxygens (including phenoxy) is 1. The van der Waals surface area contributed by atoms with Crippen LogP contribution >= 0.6 is 11.3 Å². The predicted octanol–water partition coefficient (Wildman–Crippen LogP) is 1.41. The van der Waals surface area contributed by atoms with Crippen LogP contribution in [0.1, 0.15) is 22.2 Å². The van der Waals surface area contributed by atoms with E-state index in [2.05, 4.69) is 5.32 Å². The van der Waals surface area contributed by atoms with Crippen molar-refractivity contribution in [2.24, 2.45) is 0 Å². The fraction of sp³-hybridized carbons (Fsp3) is 0.389. The highest BCUT2D eigenvalue weighted by molar-refractivity contribution is 7.89. The summed E-state index contributed by atoms with van der Waals surface area (Å²) in [6, 6.07) is 9.45. The summed E-state index contributed by atoms with van der Waals surface area (Å²) in [5, 5.41) is 15.0. The molecule has 0 bridgehead atoms. The molecule has 9 heteroatoms. The zero-order valence-electron chi connectivity index (χ0n) is 14.9. The van der Waals surface area contributed by atoms with E-state index in [-0.39, 0.29) is 17.3 Å². The topological polar surface area (TPSA) is 95.9 Å². The third-order valence-electron chi connectivity index (χ3n) is 4.37. The minimum atomic E-state index is -3.59. The lowest BCUT2D eigenvalue weighted by molar-refractivity contribution is 0.0557. The SMILES string of the molecule is CC(O)(CNC(=O)c1ccc(S(=O)(=O)N2CCOCC2)cc1)c1cccs1. The van der Waals surface area contributed by atoms with Crippen LogP contribution in [-0.2, 0) is 20.4 Å². The summed E-state index contributed by atoms with van der Waals surface area (Å²) in [5.41, 5.74) is -0.832. The van der Waals surface area contributed by atoms with Crippen LogP contribution in [0.4, 0.5) is 0 Å². The van der Waals surface area contributed by atoms with E-state index < -0.39 is 15.6 Å². The van der Waals surface area contributed by atoms with Gasteiger partial charge in [-0.05, 0) is 42.6 Å². The predicted molar refractivity (Wildman–Crippen MR) is 102 cm³/mol. The fourth-order valence-corrected chi connectivity index (χ4v) is 4.94. The molecule has 1 aliphatic heterocycles. The van der Waals surface area contributed by atoms with Crippen LogP contribution in [0.25, 0.3) is 0 Å². The monoisotopic (exact) mass is 410 g/mol. The first-order chi connectivity index (χ1) is 12.8. The minimum absolute atomic E-state index is 0.0557. The zero-order chi connectivity index (χ0) is 19.5. The van der Waals surface area contributed by atoms with Gasteiger partial charge in [-0.3, -0.25) is 4.79 Å². The molecule has 27 heavy (non-hydrogen) atoms. The number of nitrogens with zero attached hydrogens (tertiary/aromatic N) is 1. The number of hydrogen-bond acceptors (Lipinski definition) is 6. The van der Waals surface area contributed by atoms with Gasteiger partial charge in [-0.1, -0.05) is 6.07 Å². The van der Waals surface area contributed by atoms with Gasteiger partial charge in [-0.25, -0.2) is 8.42 Å². The van der Waals surface area contributed by atoms with Gasteiger partial charge < -0.3 is 15.2 Å². The maximum absolute atomic E-state index is 12.6. The Hall–Kier alpha value is -1.78. The third-order valence-corrected chi connectivity index (χ3v) is 7.41. The number of rotatable bonds is 6. The van der Waals surface area contributed by atoms with E-state index in [1.807, 2.05) is 17.5 Å². The Morgan fingerprint density at radius 2 is 1.93 bits per heavy atom. The van der Waals surface area contributed by atoms with E-state index >= 15 is 0 Å². The van der Waals surface area contributed by atoms with Crippen molar-refractivity contribution in [1.82, 2.24) is 9.62 Å². The molecule has 0 saturated carbocycles. The number of nitrogens with one attached hydrogen (secondary N) is 1. The van der Waals surface area contributed by atoms with Gasteiger partial charge in [0, 0.05) is 23.5 Å². The average molecular weight is 411 g/mol. The van der Waals surface area contributed by atoms with Crippen molar-refractivity contribution >= 4 is 27.3 Å². The molecule has 1 aromatic heterocycles. The lowest BCUT2D eigenvalue weighted by atomic mass is 10.1. The van der Waals surface area contributed by atoms with Crippen molar-refractivity contribution in [3.8, 4) is 0 Å². The molecular weight excluding hydrogens is 388 g/mol. The number of aliphatic hydroxyl groups is 1. The molecule has 2 heterocycles. The van der Waals surface area contributed by atoms with Crippen molar-refractivity contribution in [2.75, 3.05) is 32.8 Å². The van der Waals surface area contributed by atoms with Gasteiger partial charge in [-0.15, -0.1) is 11.3 Å². The molecule has 1 saturated heterocycles. The first kappa shape index (κ1) is 20.0. The van der Waals surface area contributed by atoms with Gasteiger partial charge in [0.05, 0.1) is 24.7 Å². The van der Waals surface area contributed by atoms with Crippen molar-refractivity contribution in [3.05, 3.63) is 52.2 Å². The number of benzene rings is 1. The standard InChI is InChI=1S/C18H22N2O5S2/c1-18(22,16-3-2-12-26-16)13-19-17(21)14-4-6-15(7-5-14)27(23,24)20-8-10-25-11-9-20/h2-7,12,22H,8-11,13H2,1H3,(H,19,21). The molecule has 1 amide bonds. The molecule has 1 atom stereocenters. The van der Waals surface area contributed by atoms with E-state index in [0.29, 0.717) is 31.9 Å². The lowest BCUT2D eigenvalue weighted by Crippen LogP contribution is -2.40. The van der Waals surface area contributed by atoms with Gasteiger partial charge in [0.2, 0.25) is 10.0 Å². The van der Waals surface area contributed by atoms with Crippen molar-refractivity contribution in [1.29, 1.82) is 0 Å². The van der Waals surface area contributed by atoms with Crippen LogP contribution in [0.2, 0.25) is 0 Å². The van der Waals surface area contributed by atoms with Crippen LogP contribution in [-0.4, -0.2) is 56.6 Å². The number of carbonyl (C=O) groups is 1. The molecule has 2 aromatic rings. The van der Waals surface area contributed by atoms with Crippen LogP contribution in [0.3, 0.4) is 0 Å². The Balaban J connectivity index is 1.65. The molecule has 2 N–H and O–H groups in total. The largest absolute Gasteiger partial charge is 0.383 e. The number of amides is 1. The summed E-state index contributed by atoms with van der Waals surface area (Å²) in [5.74, 6) is -0.373. The van der Waals surface area contributed by atoms with E-state index in [0.717, 1.165) is 4.88 Å². The lowest BCUT2D eigenvalue weighted by Gasteiger charge is -2.26. The first-order valence-electron chi connectivity index (χ1n) is 8.53. The van der Waals surface area contributed by atoms with Crippen molar-refractivity contribution < 1.29 is 23.1 Å². The highest BCUT2D eigenvalue weighted by atomic mass is 32.2. The third kappa shape index (κ3) is 4.56. The molecule has 146 valence electrons. The van der Waals surface area contributed by atoms with E-state index in [1.54, 1.807) is 6.92 Å². The van der Waals surface area contributed by atoms with E-state index in [1.165, 1.54) is 39.9 Å². The van der Waals surface area contributed by atoms with E-state index in [9.17, 15) is 18.3 Å². The molecule has 1 fully saturated rings. The van der Waals surface area contributed by atoms with Gasteiger partial charge in [-0.2, -0.15) is 4.31 Å². The molecule has 7 nitrogen and oxygen atoms in total. The van der Waals surface area contributed by atoms with Crippen LogP contribution in [0, 0.1) is 0 Å². The number of thiophene rings is 1. The highest BCUT2D eigenvalue weighted by Crippen LogP contribution is 2.24. The number of sulfonamides is 1. The Morgan fingerprint density at radius 1 is 1.26 bits per heavy atom. The number of morpholine rings is 1. The normalized spacial score (nSPS) is 18.0. The zero-order valence-corrected chi connectivity index (χ0v) is 16.6. The second-order valence-electron chi connectivity index (χ2n) is 6.47. The Labute approximate surface area is 162 Å². The summed E-state index contributed by atoms with van der Waals surface area (Å²) in [7, 11) is -3.59. The summed E-state index contributed by atoms with van der Waals surface area (Å²) in [6.45, 7) is 3.09. The van der Waals surface area contributed by atoms with Gasteiger partial charge in [0.1, 0.15) is 5.60 Å². The second kappa shape index (κ2) is 8.07. The first-order valence-corrected chi connectivity index (χ1v) is 10.9. The maximum Gasteiger partial charge on any atom is 0.251 e. The van der Waals surface area contributed by atoms with Gasteiger partial charge in [0.15, 0.2) is 0 Å². The van der Waals surface area contributed by atoms with Crippen LogP contribution in [0.5, 0.6) is 0 Å². The van der Waals surface area contributed by atoms with Crippen molar-refractivity contribution in [3.63, 3.8) is 0 Å². The quantitative estimate of drug-likeness (QED) is 0.751. The molecule has 0 radical (unpaired) electrons. The molecule has 0 aliphatic carbocycles. The Morgan fingerprint density at radius 3 is 2.52 bits per heavy atom. The smallest absolute Gasteiger partial charge is 0.251 e. The summed E-state index contributed by atoms with van der Waals surface area (Å²) < 4.78 is 31.8. The Kier molecular flexibility index (Phi) is 5.97. The number of carbonyl (C=O) groups excluding carboxylic acids is 1. The average Bonchev–Trinajstić information content (AvgIpc) is 3.23. The van der Waals surface area contributed by atoms with Crippen molar-refractivity contribution in [2.45, 2.75) is 17.4 Å². The molecule has 3 rings (SSSR count). The van der Waals surface area contributed by atoms with Gasteiger partial charge >= 0.3 is 0 Å². The minimum Gasteiger partial charge on any atom is -0.383 e. The maximum atomic E-state index is 12.6. The van der Waals surface area contributed by atoms with Gasteiger partial charge in [0.25, 0.3) is 5.91 Å². The van der Waals surface area contributed by atoms with Crippen LogP contribution in [0.15, 0.2) is 46.7 Å². The summed E-state index contributed by atoms with van der Waals surface area (Å²) in [4.78, 5) is 13.2. The fourth-order valence-electron chi connectivity index (χ4n) is 2.74. The number of hydrogen-bond donors (Lipinski definition) is 2. The highest BCUT2D eigenvalue weighted by Gasteiger charge is 2.27. The van der Waals surface area contributed by atoms with Crippen LogP contribution < -0.4 is 5.32 Å². The summed E-state index contributed by atoms with van der Waals surface area (Å²) >= 11 is 1.41. The molecule has 1 aromatic carbocycles. The molecule has 0 spiro atoms. The Bertz CT molecular complexity index is 871. The summed E-state index contributed by atoms with van der Waals surface area (Å²) in [6.07, 6.45) is 0.